The van der Waals surface area contributed by atoms with Gasteiger partial charge >= 0.3 is 0 Å². The van der Waals surface area contributed by atoms with E-state index in [4.69, 9.17) is 0 Å². The largest absolute Gasteiger partial charge is 0.365 e. The molecular weight excluding hydrogens is 180 g/mol. The van der Waals surface area contributed by atoms with Crippen molar-refractivity contribution < 1.29 is 0 Å². The highest BCUT2D eigenvalue weighted by molar-refractivity contribution is 8.14. The van der Waals surface area contributed by atoms with Crippen molar-refractivity contribution in [3.63, 3.8) is 0 Å². The molecule has 2 nitrogen and oxygen atoms in total. The van der Waals surface area contributed by atoms with Crippen LogP contribution in [0.4, 0.5) is 0 Å². The summed E-state index contributed by atoms with van der Waals surface area (Å²) in [6.07, 6.45) is 5.40. The zero-order valence-corrected chi connectivity index (χ0v) is 9.07. The summed E-state index contributed by atoms with van der Waals surface area (Å²) in [4.78, 5) is 4.52. The SMILES string of the molecule is CCCCNC1=NCC(C2CC2)S1. The molecule has 1 saturated carbocycles. The van der Waals surface area contributed by atoms with Crippen LogP contribution < -0.4 is 5.32 Å². The molecule has 74 valence electrons. The van der Waals surface area contributed by atoms with E-state index in [-0.39, 0.29) is 0 Å². The zero-order valence-electron chi connectivity index (χ0n) is 8.25. The van der Waals surface area contributed by atoms with Crippen LogP contribution in [0.25, 0.3) is 0 Å². The number of thioether (sulfide) groups is 1. The summed E-state index contributed by atoms with van der Waals surface area (Å²) in [7, 11) is 0. The lowest BCUT2D eigenvalue weighted by Gasteiger charge is -2.06. The Kier molecular flexibility index (Phi) is 3.14. The highest BCUT2D eigenvalue weighted by Gasteiger charge is 2.35. The van der Waals surface area contributed by atoms with Crippen LogP contribution in [0.3, 0.4) is 0 Å². The Morgan fingerprint density at radius 3 is 3.08 bits per heavy atom. The van der Waals surface area contributed by atoms with Crippen LogP contribution in [-0.4, -0.2) is 23.5 Å². The van der Waals surface area contributed by atoms with Crippen LogP contribution in [0.5, 0.6) is 0 Å². The molecule has 1 N–H and O–H groups in total. The summed E-state index contributed by atoms with van der Waals surface area (Å²) >= 11 is 1.97. The van der Waals surface area contributed by atoms with Gasteiger partial charge in [-0.05, 0) is 25.2 Å². The first-order valence-corrected chi connectivity index (χ1v) is 6.23. The second-order valence-corrected chi connectivity index (χ2v) is 5.15. The van der Waals surface area contributed by atoms with Gasteiger partial charge in [0.25, 0.3) is 0 Å². The topological polar surface area (TPSA) is 24.4 Å². The molecule has 0 spiro atoms. The van der Waals surface area contributed by atoms with E-state index in [1.165, 1.54) is 30.9 Å². The average molecular weight is 198 g/mol. The smallest absolute Gasteiger partial charge is 0.156 e. The lowest BCUT2D eigenvalue weighted by atomic mass is 10.3. The summed E-state index contributed by atoms with van der Waals surface area (Å²) in [6.45, 7) is 4.38. The molecule has 1 unspecified atom stereocenters. The normalized spacial score (nSPS) is 27.5. The maximum Gasteiger partial charge on any atom is 0.156 e. The second kappa shape index (κ2) is 4.36. The van der Waals surface area contributed by atoms with Crippen LogP contribution in [0, 0.1) is 5.92 Å². The Labute approximate surface area is 84.6 Å². The van der Waals surface area contributed by atoms with Gasteiger partial charge < -0.3 is 5.32 Å². The summed E-state index contributed by atoms with van der Waals surface area (Å²) in [5.41, 5.74) is 0. The minimum atomic E-state index is 0.809. The van der Waals surface area contributed by atoms with E-state index < -0.39 is 0 Å². The van der Waals surface area contributed by atoms with E-state index in [9.17, 15) is 0 Å². The molecule has 0 aromatic rings. The van der Waals surface area contributed by atoms with E-state index in [0.29, 0.717) is 0 Å². The van der Waals surface area contributed by atoms with Crippen molar-refractivity contribution in [2.45, 2.75) is 37.9 Å². The quantitative estimate of drug-likeness (QED) is 0.701. The molecule has 0 bridgehead atoms. The van der Waals surface area contributed by atoms with Crippen molar-refractivity contribution in [2.75, 3.05) is 13.1 Å². The molecular formula is C10H18N2S. The summed E-state index contributed by atoms with van der Waals surface area (Å²) < 4.78 is 0. The Morgan fingerprint density at radius 2 is 2.38 bits per heavy atom. The summed E-state index contributed by atoms with van der Waals surface area (Å²) in [6, 6.07) is 0. The highest BCUT2D eigenvalue weighted by Crippen LogP contribution is 2.41. The van der Waals surface area contributed by atoms with Crippen LogP contribution in [0.2, 0.25) is 0 Å². The number of unbranched alkanes of at least 4 members (excludes halogenated alkanes) is 1. The first-order valence-electron chi connectivity index (χ1n) is 5.35. The Balaban J connectivity index is 1.64. The first-order chi connectivity index (χ1) is 6.40. The van der Waals surface area contributed by atoms with Gasteiger partial charge in [0.1, 0.15) is 0 Å². The van der Waals surface area contributed by atoms with Gasteiger partial charge in [-0.2, -0.15) is 0 Å². The third-order valence-corrected chi connectivity index (χ3v) is 3.97. The Morgan fingerprint density at radius 1 is 1.54 bits per heavy atom. The Bertz CT molecular complexity index is 199. The lowest BCUT2D eigenvalue weighted by Crippen LogP contribution is -2.20. The standard InChI is InChI=1S/C10H18N2S/c1-2-3-6-11-10-12-7-9(13-10)8-4-5-8/h8-9H,2-7H2,1H3,(H,11,12). The van der Waals surface area contributed by atoms with Gasteiger partial charge in [0, 0.05) is 11.8 Å². The molecule has 2 aliphatic rings. The van der Waals surface area contributed by atoms with Crippen LogP contribution in [0.1, 0.15) is 32.6 Å². The molecule has 0 radical (unpaired) electrons. The van der Waals surface area contributed by atoms with Gasteiger partial charge in [-0.3, -0.25) is 4.99 Å². The van der Waals surface area contributed by atoms with E-state index in [1.807, 2.05) is 11.8 Å². The molecule has 1 fully saturated rings. The maximum absolute atomic E-state index is 4.52. The van der Waals surface area contributed by atoms with Crippen LogP contribution >= 0.6 is 11.8 Å². The van der Waals surface area contributed by atoms with Crippen molar-refractivity contribution in [3.8, 4) is 0 Å². The van der Waals surface area contributed by atoms with Gasteiger partial charge in [0.05, 0.1) is 6.54 Å². The number of rotatable bonds is 4. The van der Waals surface area contributed by atoms with Crippen molar-refractivity contribution in [2.24, 2.45) is 10.9 Å². The van der Waals surface area contributed by atoms with Crippen molar-refractivity contribution >= 4 is 16.9 Å². The number of hydrogen-bond donors (Lipinski definition) is 1. The van der Waals surface area contributed by atoms with E-state index >= 15 is 0 Å². The summed E-state index contributed by atoms with van der Waals surface area (Å²) in [5.74, 6) is 0.985. The van der Waals surface area contributed by atoms with Crippen LogP contribution in [-0.2, 0) is 0 Å². The predicted molar refractivity (Wildman–Crippen MR) is 59.3 cm³/mol. The van der Waals surface area contributed by atoms with Crippen molar-refractivity contribution in [1.29, 1.82) is 0 Å². The van der Waals surface area contributed by atoms with Gasteiger partial charge in [-0.1, -0.05) is 25.1 Å². The molecule has 2 rings (SSSR count). The van der Waals surface area contributed by atoms with Gasteiger partial charge in [0.15, 0.2) is 5.17 Å². The fraction of sp³-hybridized carbons (Fsp3) is 0.900. The molecule has 3 heteroatoms. The predicted octanol–water partition coefficient (Wildman–Crippen LogP) is 2.26. The lowest BCUT2D eigenvalue weighted by molar-refractivity contribution is 0.754. The number of amidine groups is 1. The fourth-order valence-corrected chi connectivity index (χ4v) is 2.81. The van der Waals surface area contributed by atoms with E-state index in [1.54, 1.807) is 0 Å². The van der Waals surface area contributed by atoms with Gasteiger partial charge in [-0.25, -0.2) is 0 Å². The molecule has 1 heterocycles. The molecule has 1 aliphatic carbocycles. The number of hydrogen-bond acceptors (Lipinski definition) is 3. The van der Waals surface area contributed by atoms with Crippen molar-refractivity contribution in [1.82, 2.24) is 5.32 Å². The molecule has 1 atom stereocenters. The summed E-state index contributed by atoms with van der Waals surface area (Å²) in [5, 5.41) is 5.42. The number of aliphatic imine (C=N–C) groups is 1. The third-order valence-electron chi connectivity index (χ3n) is 2.63. The minimum absolute atomic E-state index is 0.809. The number of nitrogens with zero attached hydrogens (tertiary/aromatic N) is 1. The highest BCUT2D eigenvalue weighted by atomic mass is 32.2. The van der Waals surface area contributed by atoms with Crippen molar-refractivity contribution in [3.05, 3.63) is 0 Å². The van der Waals surface area contributed by atoms with Crippen LogP contribution in [0.15, 0.2) is 4.99 Å². The van der Waals surface area contributed by atoms with E-state index in [0.717, 1.165) is 24.3 Å². The second-order valence-electron chi connectivity index (χ2n) is 3.92. The molecule has 0 aromatic heterocycles. The van der Waals surface area contributed by atoms with E-state index in [2.05, 4.69) is 17.2 Å². The molecule has 0 saturated heterocycles. The molecule has 0 aromatic carbocycles. The maximum atomic E-state index is 4.52. The van der Waals surface area contributed by atoms with Gasteiger partial charge in [0.2, 0.25) is 0 Å². The first kappa shape index (κ1) is 9.38. The monoisotopic (exact) mass is 198 g/mol. The van der Waals surface area contributed by atoms with Gasteiger partial charge in [-0.15, -0.1) is 0 Å². The Hall–Kier alpha value is -0.180. The third kappa shape index (κ3) is 2.63. The number of nitrogens with one attached hydrogen (secondary N) is 1. The molecule has 0 amide bonds. The molecule has 1 aliphatic heterocycles. The minimum Gasteiger partial charge on any atom is -0.365 e. The molecule has 13 heavy (non-hydrogen) atoms. The fourth-order valence-electron chi connectivity index (χ4n) is 1.57. The average Bonchev–Trinajstić information content (AvgIpc) is 2.88. The zero-order chi connectivity index (χ0) is 9.10.